The van der Waals surface area contributed by atoms with E-state index < -0.39 is 10.0 Å². The van der Waals surface area contributed by atoms with Crippen LogP contribution in [0, 0.1) is 5.92 Å². The Morgan fingerprint density at radius 2 is 1.72 bits per heavy atom. The largest absolute Gasteiger partial charge is 0.326 e. The molecule has 0 bridgehead atoms. The van der Waals surface area contributed by atoms with Gasteiger partial charge in [0, 0.05) is 35.1 Å². The third-order valence-electron chi connectivity index (χ3n) is 5.66. The predicted octanol–water partition coefficient (Wildman–Crippen LogP) is 4.78. The number of pyridine rings is 1. The smallest absolute Gasteiger partial charge is 0.261 e. The number of fused-ring (bicyclic) bond motifs is 1. The van der Waals surface area contributed by atoms with Crippen molar-refractivity contribution >= 4 is 38.1 Å². The van der Waals surface area contributed by atoms with Crippen LogP contribution >= 0.6 is 0 Å². The third-order valence-corrected chi connectivity index (χ3v) is 7.04. The fraction of sp³-hybridized carbons (Fsp3) is 0.120. The van der Waals surface area contributed by atoms with Gasteiger partial charge in [-0.1, -0.05) is 36.4 Å². The van der Waals surface area contributed by atoms with Crippen molar-refractivity contribution in [1.29, 1.82) is 0 Å². The number of aromatic nitrogens is 1. The van der Waals surface area contributed by atoms with E-state index in [0.717, 1.165) is 22.0 Å². The van der Waals surface area contributed by atoms with Crippen LogP contribution in [0.4, 0.5) is 11.4 Å². The molecule has 7 heteroatoms. The van der Waals surface area contributed by atoms with Crippen molar-refractivity contribution in [3.63, 3.8) is 0 Å². The first-order chi connectivity index (χ1) is 15.5. The minimum absolute atomic E-state index is 0.00605. The highest BCUT2D eigenvalue weighted by Crippen LogP contribution is 2.48. The summed E-state index contributed by atoms with van der Waals surface area (Å²) < 4.78 is 28.1. The average molecular weight is 444 g/mol. The normalized spacial score (nSPS) is 17.6. The van der Waals surface area contributed by atoms with Crippen molar-refractivity contribution in [3.05, 3.63) is 96.8 Å². The number of sulfonamides is 1. The molecule has 6 nitrogen and oxygen atoms in total. The maximum absolute atomic E-state index is 12.8. The van der Waals surface area contributed by atoms with Crippen LogP contribution in [0.3, 0.4) is 0 Å². The van der Waals surface area contributed by atoms with Crippen LogP contribution in [0.15, 0.2) is 96.2 Å². The highest BCUT2D eigenvalue weighted by molar-refractivity contribution is 7.92. The van der Waals surface area contributed by atoms with E-state index in [4.69, 9.17) is 0 Å². The molecular weight excluding hydrogens is 422 g/mol. The lowest BCUT2D eigenvalue weighted by Gasteiger charge is -2.10. The summed E-state index contributed by atoms with van der Waals surface area (Å²) in [6.45, 7) is 0. The number of hydrogen-bond acceptors (Lipinski definition) is 4. The number of para-hydroxylation sites is 1. The molecule has 1 heterocycles. The second-order valence-corrected chi connectivity index (χ2v) is 9.60. The minimum atomic E-state index is -3.70. The second-order valence-electron chi connectivity index (χ2n) is 7.92. The van der Waals surface area contributed by atoms with Gasteiger partial charge < -0.3 is 5.32 Å². The quantitative estimate of drug-likeness (QED) is 0.449. The molecule has 2 N–H and O–H groups in total. The molecule has 160 valence electrons. The Morgan fingerprint density at radius 1 is 0.875 bits per heavy atom. The fourth-order valence-electron chi connectivity index (χ4n) is 3.88. The highest BCUT2D eigenvalue weighted by Gasteiger charge is 2.44. The van der Waals surface area contributed by atoms with E-state index in [0.29, 0.717) is 12.1 Å². The molecule has 1 fully saturated rings. The van der Waals surface area contributed by atoms with Gasteiger partial charge in [-0.2, -0.15) is 0 Å². The lowest BCUT2D eigenvalue weighted by atomic mass is 10.1. The summed E-state index contributed by atoms with van der Waals surface area (Å²) in [5, 5.41) is 5.00. The number of nitrogens with zero attached hydrogens (tertiary/aromatic N) is 1. The first-order valence-electron chi connectivity index (χ1n) is 10.3. The van der Waals surface area contributed by atoms with E-state index in [1.54, 1.807) is 54.9 Å². The van der Waals surface area contributed by atoms with Crippen LogP contribution in [-0.2, 0) is 14.8 Å². The van der Waals surface area contributed by atoms with Crippen molar-refractivity contribution in [2.45, 2.75) is 17.2 Å². The molecule has 0 spiro atoms. The molecule has 32 heavy (non-hydrogen) atoms. The summed E-state index contributed by atoms with van der Waals surface area (Å²) >= 11 is 0. The molecule has 0 radical (unpaired) electrons. The maximum Gasteiger partial charge on any atom is 0.261 e. The topological polar surface area (TPSA) is 88.2 Å². The first kappa shape index (κ1) is 20.2. The zero-order valence-electron chi connectivity index (χ0n) is 17.1. The minimum Gasteiger partial charge on any atom is -0.326 e. The van der Waals surface area contributed by atoms with Gasteiger partial charge in [0.1, 0.15) is 0 Å². The van der Waals surface area contributed by atoms with E-state index >= 15 is 0 Å². The summed E-state index contributed by atoms with van der Waals surface area (Å²) in [4.78, 5) is 17.0. The molecule has 3 aromatic carbocycles. The van der Waals surface area contributed by atoms with Gasteiger partial charge in [-0.05, 0) is 65.8 Å². The lowest BCUT2D eigenvalue weighted by molar-refractivity contribution is -0.117. The number of nitrogens with one attached hydrogen (secondary N) is 2. The van der Waals surface area contributed by atoms with Gasteiger partial charge in [-0.3, -0.25) is 14.5 Å². The molecular formula is C25H21N3O3S. The third kappa shape index (κ3) is 4.20. The van der Waals surface area contributed by atoms with Gasteiger partial charge in [0.25, 0.3) is 10.0 Å². The Morgan fingerprint density at radius 3 is 2.56 bits per heavy atom. The average Bonchev–Trinajstić information content (AvgIpc) is 3.61. The van der Waals surface area contributed by atoms with Crippen molar-refractivity contribution in [2.75, 3.05) is 10.0 Å². The Bertz CT molecular complexity index is 1400. The Balaban J connectivity index is 1.29. The SMILES string of the molecule is O=C(Nc1ccc2cnccc2c1)[C@@H]1C[C@H]1c1cccc(S(=O)(=O)Nc2ccccc2)c1. The fourth-order valence-corrected chi connectivity index (χ4v) is 5.00. The van der Waals surface area contributed by atoms with E-state index in [1.165, 1.54) is 0 Å². The number of anilines is 2. The van der Waals surface area contributed by atoms with Gasteiger partial charge in [0.05, 0.1) is 4.90 Å². The second kappa shape index (κ2) is 8.09. The summed E-state index contributed by atoms with van der Waals surface area (Å²) in [7, 11) is -3.70. The monoisotopic (exact) mass is 443 g/mol. The van der Waals surface area contributed by atoms with E-state index in [2.05, 4.69) is 15.0 Å². The summed E-state index contributed by atoms with van der Waals surface area (Å²) in [6, 6.07) is 23.2. The molecule has 1 aliphatic rings. The molecule has 0 unspecified atom stereocenters. The molecule has 2 atom stereocenters. The Kier molecular flexibility index (Phi) is 5.11. The Labute approximate surface area is 186 Å². The summed E-state index contributed by atoms with van der Waals surface area (Å²) in [6.07, 6.45) is 4.20. The van der Waals surface area contributed by atoms with Crippen molar-refractivity contribution < 1.29 is 13.2 Å². The van der Waals surface area contributed by atoms with E-state index in [1.807, 2.05) is 36.4 Å². The summed E-state index contributed by atoms with van der Waals surface area (Å²) in [5.41, 5.74) is 2.10. The number of rotatable bonds is 6. The molecule has 1 aromatic heterocycles. The molecule has 5 rings (SSSR count). The Hall–Kier alpha value is -3.71. The molecule has 1 aliphatic carbocycles. The van der Waals surface area contributed by atoms with Crippen LogP contribution < -0.4 is 10.0 Å². The maximum atomic E-state index is 12.8. The highest BCUT2D eigenvalue weighted by atomic mass is 32.2. The van der Waals surface area contributed by atoms with Crippen LogP contribution in [0.5, 0.6) is 0 Å². The van der Waals surface area contributed by atoms with Gasteiger partial charge in [-0.15, -0.1) is 0 Å². The number of amides is 1. The van der Waals surface area contributed by atoms with Crippen LogP contribution in [0.25, 0.3) is 10.8 Å². The summed E-state index contributed by atoms with van der Waals surface area (Å²) in [5.74, 6) is -0.228. The molecule has 0 saturated heterocycles. The number of hydrogen-bond donors (Lipinski definition) is 2. The van der Waals surface area contributed by atoms with Crippen molar-refractivity contribution in [1.82, 2.24) is 4.98 Å². The number of benzene rings is 3. The van der Waals surface area contributed by atoms with Gasteiger partial charge in [0.2, 0.25) is 5.91 Å². The number of carbonyl (C=O) groups excluding carboxylic acids is 1. The van der Waals surface area contributed by atoms with Gasteiger partial charge in [-0.25, -0.2) is 8.42 Å². The van der Waals surface area contributed by atoms with Crippen LogP contribution in [0.2, 0.25) is 0 Å². The molecule has 4 aromatic rings. The lowest BCUT2D eigenvalue weighted by Crippen LogP contribution is -2.15. The molecule has 0 aliphatic heterocycles. The standard InChI is InChI=1S/C25H21N3O3S/c29-25(27-21-10-9-19-16-26-12-11-17(19)13-21)24-15-23(24)18-5-4-8-22(14-18)32(30,31)28-20-6-2-1-3-7-20/h1-14,16,23-24,28H,15H2,(H,27,29)/t23-,24+/m0/s1. The van der Waals surface area contributed by atoms with Gasteiger partial charge in [0.15, 0.2) is 0 Å². The van der Waals surface area contributed by atoms with Crippen molar-refractivity contribution in [2.24, 2.45) is 5.92 Å². The van der Waals surface area contributed by atoms with Crippen LogP contribution in [-0.4, -0.2) is 19.3 Å². The number of carbonyl (C=O) groups is 1. The predicted molar refractivity (Wildman–Crippen MR) is 125 cm³/mol. The first-order valence-corrected chi connectivity index (χ1v) is 11.8. The molecule has 1 saturated carbocycles. The van der Waals surface area contributed by atoms with Gasteiger partial charge >= 0.3 is 0 Å². The van der Waals surface area contributed by atoms with E-state index in [9.17, 15) is 13.2 Å². The van der Waals surface area contributed by atoms with E-state index in [-0.39, 0.29) is 22.6 Å². The zero-order valence-corrected chi connectivity index (χ0v) is 17.9. The zero-order chi connectivity index (χ0) is 22.1. The molecule has 1 amide bonds. The van der Waals surface area contributed by atoms with Crippen molar-refractivity contribution in [3.8, 4) is 0 Å². The van der Waals surface area contributed by atoms with Crippen LogP contribution in [0.1, 0.15) is 17.9 Å².